The topological polar surface area (TPSA) is 43.4 Å². The highest BCUT2D eigenvalue weighted by molar-refractivity contribution is 8.13. The third-order valence-electron chi connectivity index (χ3n) is 3.52. The Kier molecular flexibility index (Phi) is 13.8. The van der Waals surface area contributed by atoms with Crippen molar-refractivity contribution in [1.82, 2.24) is 0 Å². The van der Waals surface area contributed by atoms with E-state index in [0.29, 0.717) is 17.5 Å². The molecule has 0 aromatic carbocycles. The molecule has 0 N–H and O–H groups in total. The molecule has 1 atom stereocenters. The first kappa shape index (κ1) is 21.5. The standard InChI is InChI=1S/C18H34O3S/c1-5-22-18(20)14-16(4)12-10-8-6-7-9-11-13-17(19)21-15(2)3/h15-16H,5-14H2,1-4H3/t16-/m0/s1. The Labute approximate surface area is 141 Å². The van der Waals surface area contributed by atoms with Crippen LogP contribution in [0.1, 0.15) is 85.5 Å². The first-order valence-electron chi connectivity index (χ1n) is 8.80. The quantitative estimate of drug-likeness (QED) is 0.336. The van der Waals surface area contributed by atoms with Crippen LogP contribution in [-0.2, 0) is 14.3 Å². The Balaban J connectivity index is 3.36. The molecule has 0 aliphatic rings. The molecule has 0 aromatic heterocycles. The van der Waals surface area contributed by atoms with Gasteiger partial charge >= 0.3 is 5.97 Å². The van der Waals surface area contributed by atoms with Crippen molar-refractivity contribution in [2.75, 3.05) is 5.75 Å². The molecule has 0 bridgehead atoms. The summed E-state index contributed by atoms with van der Waals surface area (Å²) in [4.78, 5) is 22.9. The smallest absolute Gasteiger partial charge is 0.306 e. The van der Waals surface area contributed by atoms with Crippen molar-refractivity contribution >= 4 is 22.8 Å². The van der Waals surface area contributed by atoms with E-state index in [9.17, 15) is 9.59 Å². The second kappa shape index (κ2) is 14.1. The van der Waals surface area contributed by atoms with Crippen LogP contribution in [0.2, 0.25) is 0 Å². The van der Waals surface area contributed by atoms with Crippen molar-refractivity contribution in [3.63, 3.8) is 0 Å². The summed E-state index contributed by atoms with van der Waals surface area (Å²) in [7, 11) is 0. The number of hydrogen-bond acceptors (Lipinski definition) is 4. The van der Waals surface area contributed by atoms with Gasteiger partial charge in [0.2, 0.25) is 0 Å². The van der Waals surface area contributed by atoms with E-state index < -0.39 is 0 Å². The van der Waals surface area contributed by atoms with Gasteiger partial charge in [0.05, 0.1) is 6.10 Å². The number of carbonyl (C=O) groups is 2. The molecule has 0 aromatic rings. The highest BCUT2D eigenvalue weighted by Gasteiger charge is 2.08. The number of hydrogen-bond donors (Lipinski definition) is 0. The van der Waals surface area contributed by atoms with Gasteiger partial charge in [0.15, 0.2) is 5.12 Å². The summed E-state index contributed by atoms with van der Waals surface area (Å²) in [6.07, 6.45) is 9.31. The van der Waals surface area contributed by atoms with Gasteiger partial charge in [0, 0.05) is 12.8 Å². The van der Waals surface area contributed by atoms with E-state index >= 15 is 0 Å². The van der Waals surface area contributed by atoms with Crippen molar-refractivity contribution in [1.29, 1.82) is 0 Å². The van der Waals surface area contributed by atoms with E-state index in [1.807, 2.05) is 20.8 Å². The molecule has 22 heavy (non-hydrogen) atoms. The molecular weight excluding hydrogens is 296 g/mol. The second-order valence-electron chi connectivity index (χ2n) is 6.31. The molecule has 0 unspecified atom stereocenters. The zero-order valence-electron chi connectivity index (χ0n) is 14.9. The molecule has 0 rings (SSSR count). The van der Waals surface area contributed by atoms with Crippen molar-refractivity contribution in [3.8, 4) is 0 Å². The summed E-state index contributed by atoms with van der Waals surface area (Å²) in [5.41, 5.74) is 0. The van der Waals surface area contributed by atoms with Crippen LogP contribution in [-0.4, -0.2) is 22.9 Å². The summed E-state index contributed by atoms with van der Waals surface area (Å²) < 4.78 is 5.10. The molecule has 0 aliphatic carbocycles. The lowest BCUT2D eigenvalue weighted by atomic mass is 9.99. The van der Waals surface area contributed by atoms with Crippen LogP contribution >= 0.6 is 11.8 Å². The van der Waals surface area contributed by atoms with Crippen LogP contribution < -0.4 is 0 Å². The molecule has 3 nitrogen and oxygen atoms in total. The number of esters is 1. The molecule has 0 aliphatic heterocycles. The van der Waals surface area contributed by atoms with Gasteiger partial charge in [-0.25, -0.2) is 0 Å². The summed E-state index contributed by atoms with van der Waals surface area (Å²) in [6, 6.07) is 0. The van der Waals surface area contributed by atoms with Gasteiger partial charge in [-0.1, -0.05) is 64.1 Å². The number of unbranched alkanes of at least 4 members (excludes halogenated alkanes) is 5. The summed E-state index contributed by atoms with van der Waals surface area (Å²) in [5, 5.41) is 0.336. The van der Waals surface area contributed by atoms with Crippen LogP contribution in [0.5, 0.6) is 0 Å². The largest absolute Gasteiger partial charge is 0.463 e. The Bertz CT molecular complexity index is 303. The average molecular weight is 331 g/mol. The maximum Gasteiger partial charge on any atom is 0.306 e. The fourth-order valence-electron chi connectivity index (χ4n) is 2.40. The summed E-state index contributed by atoms with van der Waals surface area (Å²) in [6.45, 7) is 7.96. The van der Waals surface area contributed by atoms with Crippen LogP contribution in [0.4, 0.5) is 0 Å². The van der Waals surface area contributed by atoms with Crippen molar-refractivity contribution in [2.45, 2.75) is 91.6 Å². The van der Waals surface area contributed by atoms with Crippen molar-refractivity contribution in [3.05, 3.63) is 0 Å². The molecule has 0 saturated carbocycles. The van der Waals surface area contributed by atoms with E-state index in [2.05, 4.69) is 6.92 Å². The Morgan fingerprint density at radius 2 is 1.55 bits per heavy atom. The van der Waals surface area contributed by atoms with E-state index in [0.717, 1.165) is 31.4 Å². The molecular formula is C18H34O3S. The number of thioether (sulfide) groups is 1. The monoisotopic (exact) mass is 330 g/mol. The SMILES string of the molecule is CCSC(=O)C[C@@H](C)CCCCCCCCC(=O)OC(C)C. The lowest BCUT2D eigenvalue weighted by Crippen LogP contribution is -2.10. The van der Waals surface area contributed by atoms with E-state index in [-0.39, 0.29) is 12.1 Å². The van der Waals surface area contributed by atoms with E-state index in [4.69, 9.17) is 4.74 Å². The Morgan fingerprint density at radius 3 is 2.14 bits per heavy atom. The lowest BCUT2D eigenvalue weighted by Gasteiger charge is -2.10. The van der Waals surface area contributed by atoms with Gasteiger partial charge in [-0.05, 0) is 31.9 Å². The molecule has 0 heterocycles. The predicted octanol–water partition coefficient (Wildman–Crippen LogP) is 5.36. The van der Waals surface area contributed by atoms with Crippen LogP contribution in [0, 0.1) is 5.92 Å². The molecule has 130 valence electrons. The fraction of sp³-hybridized carbons (Fsp3) is 0.889. The van der Waals surface area contributed by atoms with Gasteiger partial charge in [0.25, 0.3) is 0 Å². The minimum absolute atomic E-state index is 0.00269. The number of rotatable bonds is 13. The summed E-state index contributed by atoms with van der Waals surface area (Å²) in [5.74, 6) is 1.33. The molecule has 0 spiro atoms. The molecule has 0 radical (unpaired) electrons. The number of ether oxygens (including phenoxy) is 1. The molecule has 0 fully saturated rings. The normalized spacial score (nSPS) is 12.4. The zero-order valence-corrected chi connectivity index (χ0v) is 15.7. The lowest BCUT2D eigenvalue weighted by molar-refractivity contribution is -0.147. The van der Waals surface area contributed by atoms with E-state index in [1.54, 1.807) is 0 Å². The Morgan fingerprint density at radius 1 is 0.955 bits per heavy atom. The summed E-state index contributed by atoms with van der Waals surface area (Å²) >= 11 is 1.44. The maximum absolute atomic E-state index is 11.5. The van der Waals surface area contributed by atoms with Crippen LogP contribution in [0.25, 0.3) is 0 Å². The minimum Gasteiger partial charge on any atom is -0.463 e. The van der Waals surface area contributed by atoms with Crippen molar-refractivity contribution < 1.29 is 14.3 Å². The predicted molar refractivity (Wildman–Crippen MR) is 95.1 cm³/mol. The van der Waals surface area contributed by atoms with Gasteiger partial charge in [-0.15, -0.1) is 0 Å². The third kappa shape index (κ3) is 14.4. The third-order valence-corrected chi connectivity index (χ3v) is 4.29. The maximum atomic E-state index is 11.5. The first-order chi connectivity index (χ1) is 10.5. The average Bonchev–Trinajstić information content (AvgIpc) is 2.41. The molecule has 4 heteroatoms. The van der Waals surface area contributed by atoms with Gasteiger partial charge in [-0.3, -0.25) is 9.59 Å². The van der Waals surface area contributed by atoms with Crippen molar-refractivity contribution in [2.24, 2.45) is 5.92 Å². The van der Waals surface area contributed by atoms with Gasteiger partial charge in [-0.2, -0.15) is 0 Å². The number of carbonyl (C=O) groups excluding carboxylic acids is 2. The molecule has 0 saturated heterocycles. The first-order valence-corrected chi connectivity index (χ1v) is 9.79. The fourth-order valence-corrected chi connectivity index (χ4v) is 3.12. The highest BCUT2D eigenvalue weighted by atomic mass is 32.2. The van der Waals surface area contributed by atoms with Crippen LogP contribution in [0.15, 0.2) is 0 Å². The Hall–Kier alpha value is -0.510. The minimum atomic E-state index is -0.0709. The van der Waals surface area contributed by atoms with Crippen LogP contribution in [0.3, 0.4) is 0 Å². The zero-order chi connectivity index (χ0) is 16.8. The molecule has 0 amide bonds. The van der Waals surface area contributed by atoms with Gasteiger partial charge < -0.3 is 4.74 Å². The highest BCUT2D eigenvalue weighted by Crippen LogP contribution is 2.18. The van der Waals surface area contributed by atoms with Gasteiger partial charge in [0.1, 0.15) is 0 Å². The van der Waals surface area contributed by atoms with E-state index in [1.165, 1.54) is 37.4 Å². The second-order valence-corrected chi connectivity index (χ2v) is 7.63.